The van der Waals surface area contributed by atoms with Crippen molar-refractivity contribution < 1.29 is 9.18 Å². The van der Waals surface area contributed by atoms with E-state index in [1.165, 1.54) is 11.1 Å². The molecule has 1 fully saturated rings. The monoisotopic (exact) mass is 289 g/mol. The Kier molecular flexibility index (Phi) is 3.66. The molecule has 1 amide bonds. The second-order valence-electron chi connectivity index (χ2n) is 5.85. The van der Waals surface area contributed by atoms with Crippen molar-refractivity contribution in [3.63, 3.8) is 0 Å². The highest BCUT2D eigenvalue weighted by Crippen LogP contribution is 2.19. The first-order valence-electron chi connectivity index (χ1n) is 7.38. The highest BCUT2D eigenvalue weighted by molar-refractivity contribution is 5.81. The topological polar surface area (TPSA) is 38.1 Å². The highest BCUT2D eigenvalue weighted by Gasteiger charge is 2.22. The average Bonchev–Trinajstić information content (AvgIpc) is 2.82. The Balaban J connectivity index is 1.78. The zero-order valence-corrected chi connectivity index (χ0v) is 12.5. The minimum Gasteiger partial charge on any atom is -0.341 e. The maximum atomic E-state index is 13.1. The van der Waals surface area contributed by atoms with Crippen LogP contribution in [0.5, 0.6) is 0 Å². The average molecular weight is 289 g/mol. The second-order valence-corrected chi connectivity index (χ2v) is 5.85. The molecule has 5 heteroatoms. The third kappa shape index (κ3) is 2.77. The lowest BCUT2D eigenvalue weighted by molar-refractivity contribution is -0.133. The predicted octanol–water partition coefficient (Wildman–Crippen LogP) is 2.61. The van der Waals surface area contributed by atoms with E-state index in [2.05, 4.69) is 24.9 Å². The van der Waals surface area contributed by atoms with Gasteiger partial charge in [-0.3, -0.25) is 4.79 Å². The number of fused-ring (bicyclic) bond motifs is 1. The maximum Gasteiger partial charge on any atom is 0.242 e. The van der Waals surface area contributed by atoms with Crippen LogP contribution in [0.1, 0.15) is 24.0 Å². The molecule has 3 rings (SSSR count). The fourth-order valence-corrected chi connectivity index (χ4v) is 2.78. The normalized spacial score (nSPS) is 16.6. The van der Waals surface area contributed by atoms with E-state index in [0.29, 0.717) is 25.9 Å². The van der Waals surface area contributed by atoms with Gasteiger partial charge in [-0.1, -0.05) is 0 Å². The lowest BCUT2D eigenvalue weighted by Gasteiger charge is -2.28. The first-order chi connectivity index (χ1) is 10.0. The standard InChI is InChI=1S/C16H20FN3O/c1-11-7-14-15(8-12(11)2)20(10-18-14)9-16(21)19-5-3-13(17)4-6-19/h7-8,10,13H,3-6,9H2,1-2H3. The number of piperidine rings is 1. The van der Waals surface area contributed by atoms with Crippen LogP contribution in [0.25, 0.3) is 11.0 Å². The molecule has 0 N–H and O–H groups in total. The van der Waals surface area contributed by atoms with E-state index < -0.39 is 6.17 Å². The number of nitrogens with zero attached hydrogens (tertiary/aromatic N) is 3. The van der Waals surface area contributed by atoms with Gasteiger partial charge in [0.25, 0.3) is 0 Å². The Morgan fingerprint density at radius 2 is 1.95 bits per heavy atom. The second kappa shape index (κ2) is 5.47. The van der Waals surface area contributed by atoms with Crippen molar-refractivity contribution in [3.05, 3.63) is 29.6 Å². The van der Waals surface area contributed by atoms with E-state index in [9.17, 15) is 9.18 Å². The summed E-state index contributed by atoms with van der Waals surface area (Å²) in [5, 5.41) is 0. The van der Waals surface area contributed by atoms with Crippen molar-refractivity contribution in [1.29, 1.82) is 0 Å². The number of carbonyl (C=O) groups excluding carboxylic acids is 1. The van der Waals surface area contributed by atoms with E-state index in [1.54, 1.807) is 11.2 Å². The minimum atomic E-state index is -0.756. The molecule has 0 saturated carbocycles. The number of likely N-dealkylation sites (tertiary alicyclic amines) is 1. The van der Waals surface area contributed by atoms with Gasteiger partial charge in [0.15, 0.2) is 0 Å². The van der Waals surface area contributed by atoms with Crippen LogP contribution >= 0.6 is 0 Å². The van der Waals surface area contributed by atoms with Crippen LogP contribution in [0.2, 0.25) is 0 Å². The number of rotatable bonds is 2. The maximum absolute atomic E-state index is 13.1. The third-order valence-electron chi connectivity index (χ3n) is 4.32. The number of amides is 1. The predicted molar refractivity (Wildman–Crippen MR) is 79.9 cm³/mol. The third-order valence-corrected chi connectivity index (χ3v) is 4.32. The summed E-state index contributed by atoms with van der Waals surface area (Å²) < 4.78 is 15.0. The minimum absolute atomic E-state index is 0.0411. The summed E-state index contributed by atoms with van der Waals surface area (Å²) in [5.74, 6) is 0.0411. The summed E-state index contributed by atoms with van der Waals surface area (Å²) in [5.41, 5.74) is 4.28. The van der Waals surface area contributed by atoms with Crippen LogP contribution in [0.3, 0.4) is 0 Å². The largest absolute Gasteiger partial charge is 0.341 e. The SMILES string of the molecule is Cc1cc2ncn(CC(=O)N3CCC(F)CC3)c2cc1C. The van der Waals surface area contributed by atoms with Crippen molar-refractivity contribution in [1.82, 2.24) is 14.5 Å². The molecule has 0 bridgehead atoms. The van der Waals surface area contributed by atoms with Gasteiger partial charge in [-0.2, -0.15) is 0 Å². The summed E-state index contributed by atoms with van der Waals surface area (Å²) in [4.78, 5) is 18.4. The number of aromatic nitrogens is 2. The molecule has 4 nitrogen and oxygen atoms in total. The number of aryl methyl sites for hydroxylation is 2. The summed E-state index contributed by atoms with van der Waals surface area (Å²) in [6.07, 6.45) is 1.86. The van der Waals surface area contributed by atoms with E-state index in [1.807, 2.05) is 10.6 Å². The van der Waals surface area contributed by atoms with Crippen LogP contribution in [0.15, 0.2) is 18.5 Å². The van der Waals surface area contributed by atoms with Gasteiger partial charge in [0, 0.05) is 13.1 Å². The number of hydrogen-bond donors (Lipinski definition) is 0. The van der Waals surface area contributed by atoms with Gasteiger partial charge in [-0.15, -0.1) is 0 Å². The van der Waals surface area contributed by atoms with E-state index in [4.69, 9.17) is 0 Å². The van der Waals surface area contributed by atoms with Crippen LogP contribution in [0, 0.1) is 13.8 Å². The summed E-state index contributed by atoms with van der Waals surface area (Å²) >= 11 is 0. The molecular formula is C16H20FN3O. The Morgan fingerprint density at radius 3 is 2.67 bits per heavy atom. The number of imidazole rings is 1. The molecule has 0 aliphatic carbocycles. The Hall–Kier alpha value is -1.91. The van der Waals surface area contributed by atoms with Crippen LogP contribution < -0.4 is 0 Å². The smallest absolute Gasteiger partial charge is 0.242 e. The lowest BCUT2D eigenvalue weighted by atomic mass is 10.1. The van der Waals surface area contributed by atoms with Crippen LogP contribution in [0.4, 0.5) is 4.39 Å². The van der Waals surface area contributed by atoms with E-state index in [-0.39, 0.29) is 12.5 Å². The van der Waals surface area contributed by atoms with Gasteiger partial charge in [0.1, 0.15) is 12.7 Å². The van der Waals surface area contributed by atoms with Crippen LogP contribution in [-0.4, -0.2) is 39.6 Å². The van der Waals surface area contributed by atoms with Gasteiger partial charge in [-0.25, -0.2) is 9.37 Å². The fourth-order valence-electron chi connectivity index (χ4n) is 2.78. The van der Waals surface area contributed by atoms with E-state index >= 15 is 0 Å². The van der Waals surface area contributed by atoms with Crippen molar-refractivity contribution in [2.45, 2.75) is 39.4 Å². The molecule has 1 aliphatic rings. The summed E-state index contributed by atoms with van der Waals surface area (Å²) in [6.45, 7) is 5.42. The van der Waals surface area contributed by atoms with Crippen LogP contribution in [-0.2, 0) is 11.3 Å². The molecule has 112 valence electrons. The molecular weight excluding hydrogens is 269 g/mol. The highest BCUT2D eigenvalue weighted by atomic mass is 19.1. The first-order valence-corrected chi connectivity index (χ1v) is 7.38. The molecule has 0 unspecified atom stereocenters. The summed E-state index contributed by atoms with van der Waals surface area (Å²) in [6, 6.07) is 4.11. The van der Waals surface area contributed by atoms with Crippen molar-refractivity contribution in [3.8, 4) is 0 Å². The molecule has 1 saturated heterocycles. The first kappa shape index (κ1) is 14.0. The zero-order valence-electron chi connectivity index (χ0n) is 12.5. The number of carbonyl (C=O) groups is 1. The fraction of sp³-hybridized carbons (Fsp3) is 0.500. The molecule has 2 heterocycles. The van der Waals surface area contributed by atoms with E-state index in [0.717, 1.165) is 11.0 Å². The van der Waals surface area contributed by atoms with Crippen molar-refractivity contribution in [2.75, 3.05) is 13.1 Å². The zero-order chi connectivity index (χ0) is 15.0. The number of hydrogen-bond acceptors (Lipinski definition) is 2. The Labute approximate surface area is 123 Å². The Morgan fingerprint density at radius 1 is 1.29 bits per heavy atom. The molecule has 1 aromatic heterocycles. The summed E-state index contributed by atoms with van der Waals surface area (Å²) in [7, 11) is 0. The van der Waals surface area contributed by atoms with Gasteiger partial charge in [0.05, 0.1) is 17.4 Å². The number of halogens is 1. The number of benzene rings is 1. The molecule has 2 aromatic rings. The Bertz CT molecular complexity index is 671. The van der Waals surface area contributed by atoms with Crippen molar-refractivity contribution in [2.24, 2.45) is 0 Å². The van der Waals surface area contributed by atoms with Gasteiger partial charge in [-0.05, 0) is 49.9 Å². The molecule has 1 aromatic carbocycles. The molecule has 21 heavy (non-hydrogen) atoms. The molecule has 0 spiro atoms. The molecule has 0 atom stereocenters. The van der Waals surface area contributed by atoms with Crippen molar-refractivity contribution >= 4 is 16.9 Å². The van der Waals surface area contributed by atoms with Gasteiger partial charge >= 0.3 is 0 Å². The number of alkyl halides is 1. The van der Waals surface area contributed by atoms with Gasteiger partial charge in [0.2, 0.25) is 5.91 Å². The molecule has 0 radical (unpaired) electrons. The lowest BCUT2D eigenvalue weighted by Crippen LogP contribution is -2.40. The van der Waals surface area contributed by atoms with Gasteiger partial charge < -0.3 is 9.47 Å². The quantitative estimate of drug-likeness (QED) is 0.852. The molecule has 1 aliphatic heterocycles.